The van der Waals surface area contributed by atoms with Gasteiger partial charge in [0.1, 0.15) is 11.6 Å². The number of hydrogen-bond acceptors (Lipinski definition) is 6. The monoisotopic (exact) mass is 460 g/mol. The first-order valence-corrected chi connectivity index (χ1v) is 10.4. The van der Waals surface area contributed by atoms with E-state index in [1.807, 2.05) is 0 Å². The summed E-state index contributed by atoms with van der Waals surface area (Å²) in [6, 6.07) is 12.7. The van der Waals surface area contributed by atoms with E-state index in [-0.39, 0.29) is 43.0 Å². The number of fused-ring (bicyclic) bond motifs is 1. The van der Waals surface area contributed by atoms with Crippen LogP contribution in [0.1, 0.15) is 22.5 Å². The molecule has 168 valence electrons. The van der Waals surface area contributed by atoms with Crippen LogP contribution in [0.3, 0.4) is 0 Å². The predicted molar refractivity (Wildman–Crippen MR) is 116 cm³/mol. The quantitative estimate of drug-likeness (QED) is 0.563. The van der Waals surface area contributed by atoms with Crippen LogP contribution < -0.4 is 9.64 Å². The number of carbonyl (C=O) groups is 1. The van der Waals surface area contributed by atoms with Crippen molar-refractivity contribution in [2.75, 3.05) is 25.1 Å². The van der Waals surface area contributed by atoms with Gasteiger partial charge in [0.05, 0.1) is 6.54 Å². The van der Waals surface area contributed by atoms with E-state index in [0.717, 1.165) is 5.56 Å². The molecule has 1 amide bonds. The molecule has 1 aromatic heterocycles. The van der Waals surface area contributed by atoms with Gasteiger partial charge in [-0.25, -0.2) is 4.39 Å². The Bertz CT molecular complexity index is 1100. The lowest BCUT2D eigenvalue weighted by atomic mass is 10.2. The zero-order valence-electron chi connectivity index (χ0n) is 17.3. The number of ether oxygens (including phenoxy) is 1. The molecule has 2 N–H and O–H groups in total. The highest BCUT2D eigenvalue weighted by atomic mass is 35.5. The van der Waals surface area contributed by atoms with Crippen LogP contribution in [0.5, 0.6) is 11.8 Å². The Balaban J connectivity index is 1.78. The van der Waals surface area contributed by atoms with Crippen LogP contribution in [0.2, 0.25) is 5.02 Å². The second-order valence-corrected chi connectivity index (χ2v) is 7.80. The highest BCUT2D eigenvalue weighted by molar-refractivity contribution is 6.30. The molecule has 3 aromatic rings. The lowest BCUT2D eigenvalue weighted by Crippen LogP contribution is -2.54. The van der Waals surface area contributed by atoms with Crippen LogP contribution >= 0.6 is 11.6 Å². The standard InChI is InChI=1S/C22H22ClFN4O4/c1-26-19-18(20(30)27(22(26)31)11-2-12-29)28(13-14-3-7-16(24)8-4-14)21(25-19)32-17-9-5-15(23)6-10-17/h3-10,22,29,31H,2,11-13H2,1H3. The van der Waals surface area contributed by atoms with Crippen molar-refractivity contribution in [2.24, 2.45) is 0 Å². The molecule has 0 saturated carbocycles. The molecule has 0 saturated heterocycles. The maximum absolute atomic E-state index is 13.4. The average molecular weight is 461 g/mol. The van der Waals surface area contributed by atoms with E-state index in [1.165, 1.54) is 21.9 Å². The van der Waals surface area contributed by atoms with Gasteiger partial charge in [0.15, 0.2) is 11.5 Å². The van der Waals surface area contributed by atoms with Gasteiger partial charge in [-0.3, -0.25) is 14.3 Å². The van der Waals surface area contributed by atoms with Gasteiger partial charge < -0.3 is 19.8 Å². The third-order valence-electron chi connectivity index (χ3n) is 5.17. The number of benzene rings is 2. The molecule has 0 bridgehead atoms. The van der Waals surface area contributed by atoms with Crippen LogP contribution in [0.4, 0.5) is 10.2 Å². The van der Waals surface area contributed by atoms with Crippen LogP contribution in [-0.4, -0.2) is 57.1 Å². The van der Waals surface area contributed by atoms with Gasteiger partial charge in [0.2, 0.25) is 6.35 Å². The van der Waals surface area contributed by atoms with E-state index in [2.05, 4.69) is 4.98 Å². The maximum atomic E-state index is 13.4. The lowest BCUT2D eigenvalue weighted by molar-refractivity contribution is 0.00112. The summed E-state index contributed by atoms with van der Waals surface area (Å²) in [6.07, 6.45) is -0.925. The summed E-state index contributed by atoms with van der Waals surface area (Å²) < 4.78 is 20.9. The number of imidazole rings is 1. The summed E-state index contributed by atoms with van der Waals surface area (Å²) >= 11 is 5.95. The number of nitrogens with zero attached hydrogens (tertiary/aromatic N) is 4. The molecule has 0 aliphatic carbocycles. The van der Waals surface area contributed by atoms with E-state index in [9.17, 15) is 19.4 Å². The van der Waals surface area contributed by atoms with Crippen LogP contribution in [0.15, 0.2) is 48.5 Å². The van der Waals surface area contributed by atoms with Gasteiger partial charge in [0, 0.05) is 25.2 Å². The van der Waals surface area contributed by atoms with Gasteiger partial charge in [0.25, 0.3) is 5.91 Å². The Morgan fingerprint density at radius 2 is 1.84 bits per heavy atom. The van der Waals surface area contributed by atoms with E-state index in [4.69, 9.17) is 16.3 Å². The molecule has 0 radical (unpaired) electrons. The second kappa shape index (κ2) is 9.15. The minimum Gasteiger partial charge on any atom is -0.425 e. The fraction of sp³-hybridized carbons (Fsp3) is 0.273. The van der Waals surface area contributed by atoms with Crippen molar-refractivity contribution < 1.29 is 24.1 Å². The SMILES string of the molecule is CN1c2nc(Oc3ccc(Cl)cc3)n(Cc3ccc(F)cc3)c2C(=O)N(CCCO)C1O. The van der Waals surface area contributed by atoms with E-state index in [1.54, 1.807) is 48.0 Å². The Labute approximate surface area is 189 Å². The average Bonchev–Trinajstić information content (AvgIpc) is 3.13. The number of aliphatic hydroxyl groups excluding tert-OH is 2. The number of halogens is 2. The largest absolute Gasteiger partial charge is 0.425 e. The predicted octanol–water partition coefficient (Wildman–Crippen LogP) is 3.07. The summed E-state index contributed by atoms with van der Waals surface area (Å²) in [5.41, 5.74) is 0.958. The normalized spacial score (nSPS) is 15.8. The van der Waals surface area contributed by atoms with Crippen LogP contribution in [-0.2, 0) is 6.54 Å². The Hall–Kier alpha value is -3.14. The van der Waals surface area contributed by atoms with E-state index >= 15 is 0 Å². The highest BCUT2D eigenvalue weighted by Crippen LogP contribution is 2.35. The number of rotatable bonds is 7. The number of anilines is 1. The van der Waals surface area contributed by atoms with Gasteiger partial charge in [-0.2, -0.15) is 4.98 Å². The molecule has 32 heavy (non-hydrogen) atoms. The molecule has 1 unspecified atom stereocenters. The topological polar surface area (TPSA) is 91.1 Å². The molecule has 1 aliphatic rings. The fourth-order valence-corrected chi connectivity index (χ4v) is 3.63. The minimum absolute atomic E-state index is 0.118. The summed E-state index contributed by atoms with van der Waals surface area (Å²) in [4.78, 5) is 20.5. The molecule has 1 atom stereocenters. The Kier molecular flexibility index (Phi) is 6.31. The minimum atomic E-state index is -1.24. The molecular formula is C22H22ClFN4O4. The van der Waals surface area contributed by atoms with Crippen LogP contribution in [0.25, 0.3) is 0 Å². The fourth-order valence-electron chi connectivity index (χ4n) is 3.50. The molecule has 10 heteroatoms. The van der Waals surface area contributed by atoms with Crippen molar-refractivity contribution >= 4 is 23.3 Å². The van der Waals surface area contributed by atoms with Crippen molar-refractivity contribution in [1.82, 2.24) is 14.5 Å². The number of hydrogen-bond donors (Lipinski definition) is 2. The van der Waals surface area contributed by atoms with Crippen LogP contribution in [0, 0.1) is 5.82 Å². The molecule has 0 spiro atoms. The van der Waals surface area contributed by atoms with E-state index < -0.39 is 12.3 Å². The molecule has 4 rings (SSSR count). The zero-order chi connectivity index (χ0) is 22.8. The first kappa shape index (κ1) is 22.1. The van der Waals surface area contributed by atoms with Crippen molar-refractivity contribution in [3.05, 3.63) is 70.6 Å². The number of aromatic nitrogens is 2. The van der Waals surface area contributed by atoms with Crippen molar-refractivity contribution in [3.8, 4) is 11.8 Å². The molecule has 0 fully saturated rings. The summed E-state index contributed by atoms with van der Waals surface area (Å²) in [6.45, 7) is 0.233. The van der Waals surface area contributed by atoms with Gasteiger partial charge in [-0.05, 0) is 48.4 Å². The summed E-state index contributed by atoms with van der Waals surface area (Å²) in [5.74, 6) is -0.0912. The number of carbonyl (C=O) groups excluding carboxylic acids is 1. The van der Waals surface area contributed by atoms with Gasteiger partial charge in [-0.15, -0.1) is 0 Å². The molecule has 1 aliphatic heterocycles. The Morgan fingerprint density at radius 1 is 1.16 bits per heavy atom. The first-order chi connectivity index (χ1) is 15.4. The van der Waals surface area contributed by atoms with Gasteiger partial charge in [-0.1, -0.05) is 23.7 Å². The van der Waals surface area contributed by atoms with Gasteiger partial charge >= 0.3 is 6.01 Å². The zero-order valence-corrected chi connectivity index (χ0v) is 18.0. The first-order valence-electron chi connectivity index (χ1n) is 10.00. The summed E-state index contributed by atoms with van der Waals surface area (Å²) in [5, 5.41) is 20.3. The molecule has 2 aromatic carbocycles. The molecule has 8 nitrogen and oxygen atoms in total. The van der Waals surface area contributed by atoms with E-state index in [0.29, 0.717) is 17.2 Å². The number of amides is 1. The second-order valence-electron chi connectivity index (χ2n) is 7.37. The van der Waals surface area contributed by atoms with Crippen molar-refractivity contribution in [2.45, 2.75) is 19.3 Å². The van der Waals surface area contributed by atoms with Crippen molar-refractivity contribution in [3.63, 3.8) is 0 Å². The molecular weight excluding hydrogens is 439 g/mol. The number of aliphatic hydroxyl groups is 2. The van der Waals surface area contributed by atoms with Crippen molar-refractivity contribution in [1.29, 1.82) is 0 Å². The Morgan fingerprint density at radius 3 is 2.50 bits per heavy atom. The molecule has 2 heterocycles. The summed E-state index contributed by atoms with van der Waals surface area (Å²) in [7, 11) is 1.61. The maximum Gasteiger partial charge on any atom is 0.304 e. The third-order valence-corrected chi connectivity index (χ3v) is 5.42. The smallest absolute Gasteiger partial charge is 0.304 e. The lowest BCUT2D eigenvalue weighted by Gasteiger charge is -2.38. The highest BCUT2D eigenvalue weighted by Gasteiger charge is 2.40. The third kappa shape index (κ3) is 4.27.